The van der Waals surface area contributed by atoms with E-state index in [1.54, 1.807) is 0 Å². The molecule has 1 aromatic carbocycles. The Morgan fingerprint density at radius 2 is 1.83 bits per heavy atom. The zero-order valence-electron chi connectivity index (χ0n) is 11.9. The van der Waals surface area contributed by atoms with Crippen molar-refractivity contribution in [1.29, 1.82) is 0 Å². The largest absolute Gasteiger partial charge is 0.352 e. The number of amides is 1. The number of rotatable bonds is 6. The van der Waals surface area contributed by atoms with Gasteiger partial charge in [0.25, 0.3) is 5.91 Å². The molecule has 0 bridgehead atoms. The van der Waals surface area contributed by atoms with Crippen molar-refractivity contribution < 1.29 is 4.79 Å². The molecule has 0 aliphatic rings. The number of hydrogen-bond donors (Lipinski definition) is 1. The van der Waals surface area contributed by atoms with Crippen molar-refractivity contribution in [2.24, 2.45) is 0 Å². The number of nitrogens with one attached hydrogen (secondary N) is 1. The molecule has 1 amide bonds. The molecule has 3 nitrogen and oxygen atoms in total. The van der Waals surface area contributed by atoms with E-state index in [9.17, 15) is 4.79 Å². The molecule has 0 aliphatic carbocycles. The van der Waals surface area contributed by atoms with E-state index in [4.69, 9.17) is 0 Å². The summed E-state index contributed by atoms with van der Waals surface area (Å²) in [7, 11) is 0. The minimum atomic E-state index is 0.000238. The van der Waals surface area contributed by atoms with E-state index in [2.05, 4.69) is 31.0 Å². The fraction of sp³-hybridized carbons (Fsp3) is 0.533. The van der Waals surface area contributed by atoms with Crippen LogP contribution in [0.1, 0.15) is 43.6 Å². The van der Waals surface area contributed by atoms with Crippen LogP contribution in [0.5, 0.6) is 0 Å². The second-order valence-electron chi connectivity index (χ2n) is 4.71. The Bertz CT molecular complexity index is 371. The van der Waals surface area contributed by atoms with Gasteiger partial charge in [-0.05, 0) is 45.0 Å². The van der Waals surface area contributed by atoms with Crippen molar-refractivity contribution in [3.63, 3.8) is 0 Å². The van der Waals surface area contributed by atoms with Crippen LogP contribution >= 0.6 is 0 Å². The molecule has 0 atom stereocenters. The Morgan fingerprint density at radius 1 is 1.22 bits per heavy atom. The highest BCUT2D eigenvalue weighted by atomic mass is 16.1. The van der Waals surface area contributed by atoms with Gasteiger partial charge in [0, 0.05) is 24.7 Å². The van der Waals surface area contributed by atoms with Gasteiger partial charge in [0.1, 0.15) is 0 Å². The summed E-state index contributed by atoms with van der Waals surface area (Å²) in [5.74, 6) is 0.000238. The van der Waals surface area contributed by atoms with Crippen molar-refractivity contribution in [2.45, 2.75) is 40.3 Å². The van der Waals surface area contributed by atoms with Crippen LogP contribution in [0.3, 0.4) is 0 Å². The summed E-state index contributed by atoms with van der Waals surface area (Å²) >= 11 is 0. The Hall–Kier alpha value is -1.35. The number of carbonyl (C=O) groups excluding carboxylic acids is 1. The average molecular weight is 248 g/mol. The molecule has 1 N–H and O–H groups in total. The summed E-state index contributed by atoms with van der Waals surface area (Å²) in [5.41, 5.74) is 1.98. The van der Waals surface area contributed by atoms with Gasteiger partial charge >= 0.3 is 0 Å². The first-order valence-corrected chi connectivity index (χ1v) is 6.69. The number of benzene rings is 1. The molecule has 0 aliphatic heterocycles. The lowest BCUT2D eigenvalue weighted by Gasteiger charge is -2.24. The maximum Gasteiger partial charge on any atom is 0.251 e. The van der Waals surface area contributed by atoms with Crippen molar-refractivity contribution >= 4 is 5.91 Å². The summed E-state index contributed by atoms with van der Waals surface area (Å²) in [6, 6.07) is 8.41. The van der Waals surface area contributed by atoms with Gasteiger partial charge in [-0.3, -0.25) is 9.69 Å². The Kier molecular flexibility index (Phi) is 5.86. The predicted octanol–water partition coefficient (Wildman–Crippen LogP) is 2.67. The molecule has 0 unspecified atom stereocenters. The van der Waals surface area contributed by atoms with Gasteiger partial charge < -0.3 is 5.32 Å². The van der Waals surface area contributed by atoms with Crippen LogP contribution in [0.25, 0.3) is 0 Å². The van der Waals surface area contributed by atoms with E-state index in [0.29, 0.717) is 12.6 Å². The quantitative estimate of drug-likeness (QED) is 0.839. The van der Waals surface area contributed by atoms with E-state index in [-0.39, 0.29) is 5.91 Å². The van der Waals surface area contributed by atoms with E-state index >= 15 is 0 Å². The molecule has 1 aromatic rings. The van der Waals surface area contributed by atoms with Gasteiger partial charge in [-0.1, -0.05) is 19.1 Å². The highest BCUT2D eigenvalue weighted by Crippen LogP contribution is 2.09. The van der Waals surface area contributed by atoms with Crippen LogP contribution in [-0.2, 0) is 6.54 Å². The molecule has 100 valence electrons. The number of hydrogen-bond acceptors (Lipinski definition) is 2. The summed E-state index contributed by atoms with van der Waals surface area (Å²) in [5, 5.41) is 2.80. The Morgan fingerprint density at radius 3 is 2.28 bits per heavy atom. The Balaban J connectivity index is 2.68. The first-order chi connectivity index (χ1) is 8.58. The zero-order chi connectivity index (χ0) is 13.5. The van der Waals surface area contributed by atoms with Crippen LogP contribution < -0.4 is 5.32 Å². The fourth-order valence-electron chi connectivity index (χ4n) is 1.92. The third-order valence-corrected chi connectivity index (χ3v) is 3.08. The van der Waals surface area contributed by atoms with Crippen molar-refractivity contribution in [3.8, 4) is 0 Å². The molecular formula is C15H24N2O. The van der Waals surface area contributed by atoms with Crippen LogP contribution in [0, 0.1) is 0 Å². The first-order valence-electron chi connectivity index (χ1n) is 6.69. The van der Waals surface area contributed by atoms with Gasteiger partial charge in [0.2, 0.25) is 0 Å². The van der Waals surface area contributed by atoms with Gasteiger partial charge in [-0.15, -0.1) is 0 Å². The monoisotopic (exact) mass is 248 g/mol. The van der Waals surface area contributed by atoms with E-state index in [1.165, 1.54) is 5.56 Å². The molecule has 0 fully saturated rings. The van der Waals surface area contributed by atoms with Gasteiger partial charge in [0.15, 0.2) is 0 Å². The zero-order valence-corrected chi connectivity index (χ0v) is 11.9. The fourth-order valence-corrected chi connectivity index (χ4v) is 1.92. The normalized spacial score (nSPS) is 11.0. The molecular weight excluding hydrogens is 224 g/mol. The van der Waals surface area contributed by atoms with Crippen LogP contribution in [-0.4, -0.2) is 29.9 Å². The summed E-state index contributed by atoms with van der Waals surface area (Å²) in [6.45, 7) is 11.1. The van der Waals surface area contributed by atoms with Crippen LogP contribution in [0.15, 0.2) is 24.3 Å². The lowest BCUT2D eigenvalue weighted by atomic mass is 10.1. The van der Waals surface area contributed by atoms with Crippen molar-refractivity contribution in [2.75, 3.05) is 13.1 Å². The first kappa shape index (κ1) is 14.7. The van der Waals surface area contributed by atoms with Gasteiger partial charge in [0.05, 0.1) is 0 Å². The lowest BCUT2D eigenvalue weighted by molar-refractivity contribution is 0.0956. The molecule has 0 saturated heterocycles. The van der Waals surface area contributed by atoms with Crippen LogP contribution in [0.2, 0.25) is 0 Å². The molecule has 1 rings (SSSR count). The molecule has 0 aromatic heterocycles. The Labute approximate surface area is 110 Å². The summed E-state index contributed by atoms with van der Waals surface area (Å²) in [4.78, 5) is 14.0. The standard InChI is InChI=1S/C15H24N2O/c1-5-16-15(18)14-9-7-13(8-10-14)11-17(6-2)12(3)4/h7-10,12H,5-6,11H2,1-4H3,(H,16,18). The smallest absolute Gasteiger partial charge is 0.251 e. The van der Waals surface area contributed by atoms with Gasteiger partial charge in [-0.2, -0.15) is 0 Å². The summed E-state index contributed by atoms with van der Waals surface area (Å²) < 4.78 is 0. The number of nitrogens with zero attached hydrogens (tertiary/aromatic N) is 1. The third-order valence-electron chi connectivity index (χ3n) is 3.08. The second-order valence-corrected chi connectivity index (χ2v) is 4.71. The average Bonchev–Trinajstić information content (AvgIpc) is 2.36. The molecule has 0 radical (unpaired) electrons. The minimum absolute atomic E-state index is 0.000238. The highest BCUT2D eigenvalue weighted by molar-refractivity contribution is 5.94. The second kappa shape index (κ2) is 7.17. The molecule has 0 spiro atoms. The maximum atomic E-state index is 11.6. The maximum absolute atomic E-state index is 11.6. The molecule has 0 heterocycles. The lowest BCUT2D eigenvalue weighted by Crippen LogP contribution is -2.30. The molecule has 0 saturated carbocycles. The number of carbonyl (C=O) groups is 1. The van der Waals surface area contributed by atoms with Crippen molar-refractivity contribution in [3.05, 3.63) is 35.4 Å². The highest BCUT2D eigenvalue weighted by Gasteiger charge is 2.08. The molecule has 18 heavy (non-hydrogen) atoms. The van der Waals surface area contributed by atoms with Gasteiger partial charge in [-0.25, -0.2) is 0 Å². The van der Waals surface area contributed by atoms with Crippen LogP contribution in [0.4, 0.5) is 0 Å². The van der Waals surface area contributed by atoms with Crippen molar-refractivity contribution in [1.82, 2.24) is 10.2 Å². The van der Waals surface area contributed by atoms with E-state index < -0.39 is 0 Å². The summed E-state index contributed by atoms with van der Waals surface area (Å²) in [6.07, 6.45) is 0. The molecule has 3 heteroatoms. The SMILES string of the molecule is CCNC(=O)c1ccc(CN(CC)C(C)C)cc1. The predicted molar refractivity (Wildman–Crippen MR) is 75.7 cm³/mol. The topological polar surface area (TPSA) is 32.3 Å². The van der Waals surface area contributed by atoms with E-state index in [1.807, 2.05) is 31.2 Å². The van der Waals surface area contributed by atoms with E-state index in [0.717, 1.165) is 18.7 Å². The third kappa shape index (κ3) is 4.15. The minimum Gasteiger partial charge on any atom is -0.352 e.